The van der Waals surface area contributed by atoms with Crippen LogP contribution in [0.15, 0.2) is 22.6 Å². The van der Waals surface area contributed by atoms with Gasteiger partial charge in [-0.25, -0.2) is 0 Å². The van der Waals surface area contributed by atoms with E-state index < -0.39 is 0 Å². The van der Waals surface area contributed by atoms with Crippen molar-refractivity contribution in [1.82, 2.24) is 4.98 Å². The van der Waals surface area contributed by atoms with Crippen LogP contribution >= 0.6 is 0 Å². The van der Waals surface area contributed by atoms with Crippen LogP contribution in [0.4, 0.5) is 0 Å². The molecule has 15 heavy (non-hydrogen) atoms. The van der Waals surface area contributed by atoms with E-state index in [2.05, 4.69) is 18.8 Å². The third-order valence-corrected chi connectivity index (χ3v) is 2.22. The number of para-hydroxylation sites is 1. The Morgan fingerprint density at radius 2 is 2.27 bits per heavy atom. The molecule has 0 spiro atoms. The SMILES string of the molecule is CC(C)Cc1cccc2nc(C#N)oc12. The number of nitrogens with zero attached hydrogens (tertiary/aromatic N) is 2. The van der Waals surface area contributed by atoms with E-state index >= 15 is 0 Å². The molecule has 1 aromatic heterocycles. The van der Waals surface area contributed by atoms with Crippen molar-refractivity contribution in [3.8, 4) is 6.07 Å². The fourth-order valence-corrected chi connectivity index (χ4v) is 1.65. The summed E-state index contributed by atoms with van der Waals surface area (Å²) in [6.45, 7) is 4.31. The molecule has 2 rings (SSSR count). The second-order valence-corrected chi connectivity index (χ2v) is 3.99. The summed E-state index contributed by atoms with van der Waals surface area (Å²) in [4.78, 5) is 4.07. The van der Waals surface area contributed by atoms with Crippen molar-refractivity contribution in [2.24, 2.45) is 5.92 Å². The number of benzene rings is 1. The van der Waals surface area contributed by atoms with Crippen molar-refractivity contribution in [1.29, 1.82) is 5.26 Å². The van der Waals surface area contributed by atoms with Gasteiger partial charge in [0.05, 0.1) is 0 Å². The maximum Gasteiger partial charge on any atom is 0.301 e. The highest BCUT2D eigenvalue weighted by molar-refractivity contribution is 5.76. The number of hydrogen-bond acceptors (Lipinski definition) is 3. The van der Waals surface area contributed by atoms with Gasteiger partial charge in [-0.15, -0.1) is 0 Å². The average Bonchev–Trinajstić information content (AvgIpc) is 2.61. The minimum atomic E-state index is 0.140. The van der Waals surface area contributed by atoms with E-state index in [1.807, 2.05) is 24.3 Å². The second kappa shape index (κ2) is 3.74. The first-order valence-corrected chi connectivity index (χ1v) is 4.99. The maximum absolute atomic E-state index is 8.71. The fourth-order valence-electron chi connectivity index (χ4n) is 1.65. The Bertz CT molecular complexity index is 520. The molecule has 0 atom stereocenters. The molecular weight excluding hydrogens is 188 g/mol. The van der Waals surface area contributed by atoms with E-state index in [1.54, 1.807) is 0 Å². The van der Waals surface area contributed by atoms with Gasteiger partial charge in [0.15, 0.2) is 11.7 Å². The van der Waals surface area contributed by atoms with E-state index in [-0.39, 0.29) is 5.89 Å². The molecule has 3 nitrogen and oxygen atoms in total. The zero-order chi connectivity index (χ0) is 10.8. The molecule has 0 saturated carbocycles. The van der Waals surface area contributed by atoms with E-state index in [1.165, 1.54) is 0 Å². The Labute approximate surface area is 88.3 Å². The number of hydrogen-bond donors (Lipinski definition) is 0. The predicted octanol–water partition coefficient (Wildman–Crippen LogP) is 2.90. The van der Waals surface area contributed by atoms with Gasteiger partial charge in [0.2, 0.25) is 0 Å². The van der Waals surface area contributed by atoms with Crippen molar-refractivity contribution in [2.45, 2.75) is 20.3 Å². The van der Waals surface area contributed by atoms with Gasteiger partial charge < -0.3 is 4.42 Å². The van der Waals surface area contributed by atoms with Gasteiger partial charge in [0, 0.05) is 0 Å². The minimum Gasteiger partial charge on any atom is -0.428 e. The van der Waals surface area contributed by atoms with Crippen molar-refractivity contribution < 1.29 is 4.42 Å². The van der Waals surface area contributed by atoms with Crippen molar-refractivity contribution in [3.05, 3.63) is 29.7 Å². The van der Waals surface area contributed by atoms with Crippen molar-refractivity contribution >= 4 is 11.1 Å². The second-order valence-electron chi connectivity index (χ2n) is 3.99. The van der Waals surface area contributed by atoms with Crippen molar-refractivity contribution in [2.75, 3.05) is 0 Å². The summed E-state index contributed by atoms with van der Waals surface area (Å²) in [5.74, 6) is 0.701. The molecule has 0 bridgehead atoms. The summed E-state index contributed by atoms with van der Waals surface area (Å²) < 4.78 is 5.38. The van der Waals surface area contributed by atoms with Crippen LogP contribution in [-0.4, -0.2) is 4.98 Å². The number of aromatic nitrogens is 1. The molecule has 3 heteroatoms. The first kappa shape index (κ1) is 9.72. The predicted molar refractivity (Wildman–Crippen MR) is 57.3 cm³/mol. The molecule has 1 aromatic carbocycles. The summed E-state index contributed by atoms with van der Waals surface area (Å²) in [7, 11) is 0. The molecule has 2 aromatic rings. The van der Waals surface area contributed by atoms with Crippen LogP contribution in [0.5, 0.6) is 0 Å². The van der Waals surface area contributed by atoms with E-state index in [0.717, 1.165) is 23.1 Å². The van der Waals surface area contributed by atoms with Crippen LogP contribution in [-0.2, 0) is 6.42 Å². The third-order valence-electron chi connectivity index (χ3n) is 2.22. The summed E-state index contributed by atoms with van der Waals surface area (Å²) in [6.07, 6.45) is 0.942. The van der Waals surface area contributed by atoms with Gasteiger partial charge in [-0.1, -0.05) is 26.0 Å². The normalized spacial score (nSPS) is 10.8. The van der Waals surface area contributed by atoms with E-state index in [0.29, 0.717) is 5.92 Å². The van der Waals surface area contributed by atoms with Crippen LogP contribution < -0.4 is 0 Å². The number of oxazole rings is 1. The smallest absolute Gasteiger partial charge is 0.301 e. The van der Waals surface area contributed by atoms with Gasteiger partial charge in [0.1, 0.15) is 5.52 Å². The summed E-state index contributed by atoms with van der Waals surface area (Å²) in [5, 5.41) is 8.71. The summed E-state index contributed by atoms with van der Waals surface area (Å²) in [5.41, 5.74) is 2.64. The van der Waals surface area contributed by atoms with Gasteiger partial charge in [0.25, 0.3) is 0 Å². The lowest BCUT2D eigenvalue weighted by Gasteiger charge is -2.03. The molecule has 0 aliphatic heterocycles. The van der Waals surface area contributed by atoms with Crippen molar-refractivity contribution in [3.63, 3.8) is 0 Å². The highest BCUT2D eigenvalue weighted by atomic mass is 16.3. The number of nitriles is 1. The molecule has 0 N–H and O–H groups in total. The Morgan fingerprint density at radius 1 is 1.47 bits per heavy atom. The molecular formula is C12H12N2O. The number of rotatable bonds is 2. The van der Waals surface area contributed by atoms with Crippen LogP contribution in [0.2, 0.25) is 0 Å². The van der Waals surface area contributed by atoms with Gasteiger partial charge >= 0.3 is 5.89 Å². The van der Waals surface area contributed by atoms with Crippen LogP contribution in [0.25, 0.3) is 11.1 Å². The largest absolute Gasteiger partial charge is 0.428 e. The first-order chi connectivity index (χ1) is 7.20. The molecule has 0 amide bonds. The molecule has 0 radical (unpaired) electrons. The lowest BCUT2D eigenvalue weighted by Crippen LogP contribution is -1.93. The fraction of sp³-hybridized carbons (Fsp3) is 0.333. The highest BCUT2D eigenvalue weighted by Crippen LogP contribution is 2.21. The first-order valence-electron chi connectivity index (χ1n) is 4.99. The standard InChI is InChI=1S/C12H12N2O/c1-8(2)6-9-4-3-5-10-12(9)15-11(7-13)14-10/h3-5,8H,6H2,1-2H3. The van der Waals surface area contributed by atoms with Crippen LogP contribution in [0, 0.1) is 17.2 Å². The topological polar surface area (TPSA) is 49.8 Å². The van der Waals surface area contributed by atoms with Crippen LogP contribution in [0.3, 0.4) is 0 Å². The molecule has 0 fully saturated rings. The zero-order valence-corrected chi connectivity index (χ0v) is 8.82. The van der Waals surface area contributed by atoms with Crippen LogP contribution in [0.1, 0.15) is 25.3 Å². The average molecular weight is 200 g/mol. The van der Waals surface area contributed by atoms with E-state index in [4.69, 9.17) is 9.68 Å². The quantitative estimate of drug-likeness (QED) is 0.748. The maximum atomic E-state index is 8.71. The number of fused-ring (bicyclic) bond motifs is 1. The molecule has 76 valence electrons. The van der Waals surface area contributed by atoms with Gasteiger partial charge in [-0.2, -0.15) is 10.2 Å². The lowest BCUT2D eigenvalue weighted by atomic mass is 10.0. The van der Waals surface area contributed by atoms with E-state index in [9.17, 15) is 0 Å². The molecule has 0 aliphatic carbocycles. The summed E-state index contributed by atoms with van der Waals surface area (Å²) >= 11 is 0. The minimum absolute atomic E-state index is 0.140. The highest BCUT2D eigenvalue weighted by Gasteiger charge is 2.09. The Hall–Kier alpha value is -1.82. The molecule has 1 heterocycles. The molecule has 0 unspecified atom stereocenters. The molecule has 0 saturated heterocycles. The Morgan fingerprint density at radius 3 is 2.93 bits per heavy atom. The monoisotopic (exact) mass is 200 g/mol. The van der Waals surface area contributed by atoms with Gasteiger partial charge in [-0.05, 0) is 24.0 Å². The zero-order valence-electron chi connectivity index (χ0n) is 8.82. The third kappa shape index (κ3) is 1.84. The Kier molecular flexibility index (Phi) is 2.42. The van der Waals surface area contributed by atoms with Gasteiger partial charge in [-0.3, -0.25) is 0 Å². The lowest BCUT2D eigenvalue weighted by molar-refractivity contribution is 0.571. The summed E-state index contributed by atoms with van der Waals surface area (Å²) in [6, 6.07) is 7.75. The Balaban J connectivity index is 2.55. The molecule has 0 aliphatic rings.